The zero-order valence-corrected chi connectivity index (χ0v) is 19.3. The predicted octanol–water partition coefficient (Wildman–Crippen LogP) is 0.447. The summed E-state index contributed by atoms with van der Waals surface area (Å²) >= 11 is 0. The summed E-state index contributed by atoms with van der Waals surface area (Å²) in [6.45, 7) is 11.9. The Balaban J connectivity index is 2.90. The summed E-state index contributed by atoms with van der Waals surface area (Å²) in [5, 5.41) is 9.25. The van der Waals surface area contributed by atoms with Crippen molar-refractivity contribution in [1.29, 1.82) is 0 Å². The van der Waals surface area contributed by atoms with Gasteiger partial charge >= 0.3 is 5.97 Å². The number of hydrogen-bond donors (Lipinski definition) is 1. The van der Waals surface area contributed by atoms with Crippen LogP contribution in [0, 0.1) is 5.41 Å². The lowest BCUT2D eigenvalue weighted by Gasteiger charge is -2.35. The highest BCUT2D eigenvalue weighted by molar-refractivity contribution is 5.83. The molecule has 0 bridgehead atoms. The average molecular weight is 429 g/mol. The van der Waals surface area contributed by atoms with Crippen LogP contribution in [0.5, 0.6) is 0 Å². The van der Waals surface area contributed by atoms with Gasteiger partial charge in [0, 0.05) is 70.6 Å². The lowest BCUT2D eigenvalue weighted by Crippen LogP contribution is -2.49. The molecule has 0 aliphatic carbocycles. The monoisotopic (exact) mass is 428 g/mol. The van der Waals surface area contributed by atoms with E-state index in [1.54, 1.807) is 0 Å². The van der Waals surface area contributed by atoms with E-state index in [0.717, 1.165) is 26.2 Å². The quantitative estimate of drug-likeness (QED) is 0.553. The second-order valence-corrected chi connectivity index (χ2v) is 9.21. The molecular weight excluding hydrogens is 388 g/mol. The maximum absolute atomic E-state index is 12.4. The van der Waals surface area contributed by atoms with Crippen LogP contribution in [0.2, 0.25) is 0 Å². The standard InChI is InChI=1S/C21H40N4O5/c1-21(2,3)18(27)6-7-19(30-17-26)25-14-11-23(5)9-8-22(4)10-12-24(13-15-25)16-20(28)29/h17,19H,6-16H2,1-5H3,(H,28,29). The number of carbonyl (C=O) groups excluding carboxylic acids is 2. The maximum Gasteiger partial charge on any atom is 0.317 e. The van der Waals surface area contributed by atoms with Gasteiger partial charge < -0.3 is 19.6 Å². The molecule has 0 aromatic heterocycles. The Morgan fingerprint density at radius 3 is 2.00 bits per heavy atom. The summed E-state index contributed by atoms with van der Waals surface area (Å²) in [5.41, 5.74) is -0.432. The Morgan fingerprint density at radius 2 is 1.47 bits per heavy atom. The predicted molar refractivity (Wildman–Crippen MR) is 115 cm³/mol. The molecule has 0 amide bonds. The van der Waals surface area contributed by atoms with Gasteiger partial charge in [0.15, 0.2) is 6.23 Å². The smallest absolute Gasteiger partial charge is 0.317 e. The van der Waals surface area contributed by atoms with Gasteiger partial charge in [-0.2, -0.15) is 0 Å². The third kappa shape index (κ3) is 10.5. The molecule has 1 aliphatic heterocycles. The maximum atomic E-state index is 12.4. The van der Waals surface area contributed by atoms with Gasteiger partial charge in [-0.05, 0) is 14.1 Å². The van der Waals surface area contributed by atoms with E-state index in [1.807, 2.05) is 32.7 Å². The second-order valence-electron chi connectivity index (χ2n) is 9.21. The lowest BCUT2D eigenvalue weighted by atomic mass is 9.88. The molecule has 174 valence electrons. The zero-order chi connectivity index (χ0) is 22.7. The Morgan fingerprint density at radius 1 is 0.967 bits per heavy atom. The van der Waals surface area contributed by atoms with Crippen LogP contribution in [0.3, 0.4) is 0 Å². The first-order chi connectivity index (χ1) is 14.0. The molecule has 0 aromatic rings. The van der Waals surface area contributed by atoms with Crippen molar-refractivity contribution in [2.24, 2.45) is 5.41 Å². The van der Waals surface area contributed by atoms with Gasteiger partial charge in [-0.1, -0.05) is 20.8 Å². The van der Waals surface area contributed by atoms with E-state index in [0.29, 0.717) is 45.5 Å². The van der Waals surface area contributed by atoms with Crippen molar-refractivity contribution in [1.82, 2.24) is 19.6 Å². The largest absolute Gasteiger partial charge is 0.480 e. The number of carbonyl (C=O) groups is 3. The van der Waals surface area contributed by atoms with Gasteiger partial charge in [-0.3, -0.25) is 24.2 Å². The summed E-state index contributed by atoms with van der Waals surface area (Å²) in [5.74, 6) is -0.725. The number of hydrogen-bond acceptors (Lipinski definition) is 8. The van der Waals surface area contributed by atoms with Gasteiger partial charge in [0.05, 0.1) is 6.54 Å². The first-order valence-electron chi connectivity index (χ1n) is 10.7. The van der Waals surface area contributed by atoms with E-state index in [9.17, 15) is 19.5 Å². The van der Waals surface area contributed by atoms with Gasteiger partial charge in [-0.15, -0.1) is 0 Å². The number of rotatable bonds is 8. The first kappa shape index (κ1) is 26.5. The minimum absolute atomic E-state index is 0.0245. The van der Waals surface area contributed by atoms with Crippen LogP contribution >= 0.6 is 0 Å². The average Bonchev–Trinajstić information content (AvgIpc) is 2.65. The number of Topliss-reactive ketones (excluding diaryl/α,β-unsaturated/α-hetero) is 1. The molecule has 9 nitrogen and oxygen atoms in total. The summed E-state index contributed by atoms with van der Waals surface area (Å²) in [6.07, 6.45) is 0.262. The molecule has 0 aromatic carbocycles. The van der Waals surface area contributed by atoms with E-state index < -0.39 is 17.6 Å². The molecule has 0 saturated carbocycles. The molecule has 1 atom stereocenters. The fraction of sp³-hybridized carbons (Fsp3) is 0.857. The zero-order valence-electron chi connectivity index (χ0n) is 19.3. The normalized spacial score (nSPS) is 20.7. The number of ketones is 1. The van der Waals surface area contributed by atoms with E-state index >= 15 is 0 Å². The fourth-order valence-electron chi connectivity index (χ4n) is 3.34. The summed E-state index contributed by atoms with van der Waals surface area (Å²) in [6, 6.07) is 0. The highest BCUT2D eigenvalue weighted by Gasteiger charge is 2.26. The van der Waals surface area contributed by atoms with Gasteiger partial charge in [0.2, 0.25) is 0 Å². The van der Waals surface area contributed by atoms with Gasteiger partial charge in [0.1, 0.15) is 5.78 Å². The second kappa shape index (κ2) is 13.0. The Kier molecular flexibility index (Phi) is 11.5. The molecule has 1 fully saturated rings. The lowest BCUT2D eigenvalue weighted by molar-refractivity contribution is -0.146. The van der Waals surface area contributed by atoms with E-state index in [1.165, 1.54) is 0 Å². The third-order valence-corrected chi connectivity index (χ3v) is 5.57. The molecule has 1 rings (SSSR count). The number of carboxylic acid groups (broad SMARTS) is 1. The van der Waals surface area contributed by atoms with E-state index in [4.69, 9.17) is 4.74 Å². The van der Waals surface area contributed by atoms with Crippen LogP contribution in [0.25, 0.3) is 0 Å². The summed E-state index contributed by atoms with van der Waals surface area (Å²) in [7, 11) is 4.11. The first-order valence-corrected chi connectivity index (χ1v) is 10.7. The molecule has 0 radical (unpaired) electrons. The summed E-state index contributed by atoms with van der Waals surface area (Å²) < 4.78 is 5.37. The molecule has 0 spiro atoms. The van der Waals surface area contributed by atoms with Crippen molar-refractivity contribution in [3.05, 3.63) is 0 Å². The Hall–Kier alpha value is -1.55. The fourth-order valence-corrected chi connectivity index (χ4v) is 3.34. The van der Waals surface area contributed by atoms with Crippen molar-refractivity contribution >= 4 is 18.2 Å². The van der Waals surface area contributed by atoms with Crippen LogP contribution in [-0.2, 0) is 19.1 Å². The molecule has 9 heteroatoms. The Labute approximate surface area is 180 Å². The highest BCUT2D eigenvalue weighted by Crippen LogP contribution is 2.20. The molecule has 1 N–H and O–H groups in total. The van der Waals surface area contributed by atoms with Crippen LogP contribution in [0.4, 0.5) is 0 Å². The molecule has 1 heterocycles. The molecule has 30 heavy (non-hydrogen) atoms. The third-order valence-electron chi connectivity index (χ3n) is 5.57. The number of ether oxygens (including phenoxy) is 1. The Bertz CT molecular complexity index is 552. The van der Waals surface area contributed by atoms with Crippen molar-refractivity contribution < 1.29 is 24.2 Å². The van der Waals surface area contributed by atoms with Crippen LogP contribution in [-0.4, -0.2) is 122 Å². The molecule has 1 unspecified atom stereocenters. The topological polar surface area (TPSA) is 93.6 Å². The van der Waals surface area contributed by atoms with Crippen molar-refractivity contribution in [2.45, 2.75) is 39.8 Å². The molecule has 1 saturated heterocycles. The minimum Gasteiger partial charge on any atom is -0.480 e. The minimum atomic E-state index is -0.854. The number of nitrogens with zero attached hydrogens (tertiary/aromatic N) is 4. The van der Waals surface area contributed by atoms with Crippen molar-refractivity contribution in [3.63, 3.8) is 0 Å². The van der Waals surface area contributed by atoms with E-state index in [-0.39, 0.29) is 12.3 Å². The van der Waals surface area contributed by atoms with Crippen LogP contribution in [0.1, 0.15) is 33.6 Å². The molecular formula is C21H40N4O5. The van der Waals surface area contributed by atoms with Crippen molar-refractivity contribution in [2.75, 3.05) is 73.0 Å². The van der Waals surface area contributed by atoms with Gasteiger partial charge in [0.25, 0.3) is 6.47 Å². The van der Waals surface area contributed by atoms with Gasteiger partial charge in [-0.25, -0.2) is 0 Å². The van der Waals surface area contributed by atoms with Crippen LogP contribution in [0.15, 0.2) is 0 Å². The summed E-state index contributed by atoms with van der Waals surface area (Å²) in [4.78, 5) is 43.2. The van der Waals surface area contributed by atoms with Crippen molar-refractivity contribution in [3.8, 4) is 0 Å². The number of carboxylic acids is 1. The molecule has 1 aliphatic rings. The SMILES string of the molecule is CN1CCN(C)CCN(C(CCC(=O)C(C)(C)C)OC=O)CCN(CC(=O)O)CC1. The van der Waals surface area contributed by atoms with E-state index in [2.05, 4.69) is 21.7 Å². The highest BCUT2D eigenvalue weighted by atomic mass is 16.5. The van der Waals surface area contributed by atoms with Crippen LogP contribution < -0.4 is 0 Å². The number of likely N-dealkylation sites (N-methyl/N-ethyl adjacent to an activating group) is 2. The number of aliphatic carboxylic acids is 1.